The number of nitrogens with zero attached hydrogens (tertiary/aromatic N) is 2. The number of hydrogen-bond donors (Lipinski definition) is 2. The molecule has 0 saturated carbocycles. The molecule has 2 rings (SSSR count). The minimum atomic E-state index is 0.0263. The van der Waals surface area contributed by atoms with Crippen LogP contribution < -0.4 is 4.90 Å². The van der Waals surface area contributed by atoms with Crippen molar-refractivity contribution in [2.75, 3.05) is 25.1 Å². The highest BCUT2D eigenvalue weighted by molar-refractivity contribution is 5.70. The molecule has 2 aromatic rings. The third-order valence-electron chi connectivity index (χ3n) is 3.01. The second-order valence-electron chi connectivity index (χ2n) is 4.52. The van der Waals surface area contributed by atoms with Gasteiger partial charge in [-0.05, 0) is 29.3 Å². The van der Waals surface area contributed by atoms with E-state index in [-0.39, 0.29) is 12.5 Å². The number of aromatic hydroxyl groups is 1. The minimum Gasteiger partial charge on any atom is -0.493 e. The average molecular weight is 270 g/mol. The lowest BCUT2D eigenvalue weighted by Crippen LogP contribution is -2.20. The van der Waals surface area contributed by atoms with E-state index < -0.39 is 0 Å². The summed E-state index contributed by atoms with van der Waals surface area (Å²) in [5.41, 5.74) is 3.09. The van der Waals surface area contributed by atoms with Gasteiger partial charge in [-0.1, -0.05) is 24.3 Å². The van der Waals surface area contributed by atoms with Gasteiger partial charge in [0.25, 0.3) is 0 Å². The molecule has 0 unspecified atom stereocenters. The fourth-order valence-corrected chi connectivity index (χ4v) is 1.81. The van der Waals surface area contributed by atoms with Crippen LogP contribution in [0.5, 0.6) is 5.88 Å². The molecule has 0 fully saturated rings. The van der Waals surface area contributed by atoms with Gasteiger partial charge in [-0.3, -0.25) is 0 Å². The largest absolute Gasteiger partial charge is 0.493 e. The molecule has 0 atom stereocenters. The third-order valence-corrected chi connectivity index (χ3v) is 3.01. The van der Waals surface area contributed by atoms with Crippen LogP contribution in [0.2, 0.25) is 0 Å². The number of aromatic nitrogens is 1. The van der Waals surface area contributed by atoms with Gasteiger partial charge in [0.15, 0.2) is 0 Å². The quantitative estimate of drug-likeness (QED) is 0.876. The second-order valence-corrected chi connectivity index (χ2v) is 4.52. The van der Waals surface area contributed by atoms with E-state index in [0.29, 0.717) is 6.54 Å². The molecule has 0 aliphatic carbocycles. The molecule has 20 heavy (non-hydrogen) atoms. The van der Waals surface area contributed by atoms with Crippen molar-refractivity contribution < 1.29 is 10.2 Å². The Morgan fingerprint density at radius 1 is 1.05 bits per heavy atom. The van der Waals surface area contributed by atoms with Gasteiger partial charge in [-0.25, -0.2) is 4.98 Å². The monoisotopic (exact) mass is 270 g/mol. The number of rotatable bonds is 5. The SMILES string of the molecule is CN(CCO)c1ccc(/C=C/c2ccc(O)nc2)cc1. The maximum Gasteiger partial charge on any atom is 0.210 e. The molecule has 1 aromatic carbocycles. The average Bonchev–Trinajstić information content (AvgIpc) is 2.47. The maximum atomic E-state index is 9.11. The number of likely N-dealkylation sites (N-methyl/N-ethyl adjacent to an activating group) is 1. The van der Waals surface area contributed by atoms with Crippen LogP contribution in [0.15, 0.2) is 42.6 Å². The Morgan fingerprint density at radius 3 is 2.30 bits per heavy atom. The molecular weight excluding hydrogens is 252 g/mol. The smallest absolute Gasteiger partial charge is 0.210 e. The number of benzene rings is 1. The summed E-state index contributed by atoms with van der Waals surface area (Å²) in [6.45, 7) is 0.764. The summed E-state index contributed by atoms with van der Waals surface area (Å²) in [7, 11) is 1.95. The number of aliphatic hydroxyl groups excluding tert-OH is 1. The van der Waals surface area contributed by atoms with Crippen LogP contribution in [0.3, 0.4) is 0 Å². The Labute approximate surface area is 118 Å². The lowest BCUT2D eigenvalue weighted by atomic mass is 10.1. The van der Waals surface area contributed by atoms with E-state index in [4.69, 9.17) is 10.2 Å². The molecule has 1 aromatic heterocycles. The van der Waals surface area contributed by atoms with Crippen LogP contribution in [0.4, 0.5) is 5.69 Å². The van der Waals surface area contributed by atoms with Crippen molar-refractivity contribution in [2.45, 2.75) is 0 Å². The zero-order valence-corrected chi connectivity index (χ0v) is 11.4. The van der Waals surface area contributed by atoms with Gasteiger partial charge >= 0.3 is 0 Å². The zero-order chi connectivity index (χ0) is 14.4. The van der Waals surface area contributed by atoms with Crippen molar-refractivity contribution in [1.29, 1.82) is 0 Å². The molecule has 0 saturated heterocycles. The summed E-state index contributed by atoms with van der Waals surface area (Å²) in [6, 6.07) is 11.4. The molecule has 0 radical (unpaired) electrons. The molecule has 0 aliphatic heterocycles. The van der Waals surface area contributed by atoms with Gasteiger partial charge in [0.2, 0.25) is 5.88 Å². The van der Waals surface area contributed by atoms with Crippen molar-refractivity contribution in [2.24, 2.45) is 0 Å². The van der Waals surface area contributed by atoms with Gasteiger partial charge < -0.3 is 15.1 Å². The summed E-state index contributed by atoms with van der Waals surface area (Å²) in [5.74, 6) is 0.0263. The maximum absolute atomic E-state index is 9.11. The minimum absolute atomic E-state index is 0.0263. The van der Waals surface area contributed by atoms with Crippen LogP contribution in [0.1, 0.15) is 11.1 Å². The van der Waals surface area contributed by atoms with E-state index in [0.717, 1.165) is 16.8 Å². The normalized spacial score (nSPS) is 10.9. The first-order valence-electron chi connectivity index (χ1n) is 6.44. The lowest BCUT2D eigenvalue weighted by Gasteiger charge is -2.17. The number of anilines is 1. The van der Waals surface area contributed by atoms with E-state index >= 15 is 0 Å². The van der Waals surface area contributed by atoms with Crippen molar-refractivity contribution in [3.05, 3.63) is 53.7 Å². The Kier molecular flexibility index (Phi) is 4.74. The fraction of sp³-hybridized carbons (Fsp3) is 0.188. The van der Waals surface area contributed by atoms with Gasteiger partial charge in [0.05, 0.1) is 6.61 Å². The highest BCUT2D eigenvalue weighted by atomic mass is 16.3. The summed E-state index contributed by atoms with van der Waals surface area (Å²) in [5, 5.41) is 18.0. The molecule has 0 spiro atoms. The molecule has 1 heterocycles. The van der Waals surface area contributed by atoms with Crippen LogP contribution in [0.25, 0.3) is 12.2 Å². The van der Waals surface area contributed by atoms with Crippen LogP contribution >= 0.6 is 0 Å². The summed E-state index contributed by atoms with van der Waals surface area (Å²) < 4.78 is 0. The summed E-state index contributed by atoms with van der Waals surface area (Å²) >= 11 is 0. The van der Waals surface area contributed by atoms with Gasteiger partial charge in [0, 0.05) is 31.5 Å². The Morgan fingerprint density at radius 2 is 1.70 bits per heavy atom. The predicted octanol–water partition coefficient (Wildman–Crippen LogP) is 2.39. The van der Waals surface area contributed by atoms with Crippen molar-refractivity contribution in [1.82, 2.24) is 4.98 Å². The zero-order valence-electron chi connectivity index (χ0n) is 11.4. The number of pyridine rings is 1. The molecule has 0 amide bonds. The van der Waals surface area contributed by atoms with E-state index in [1.807, 2.05) is 54.4 Å². The van der Waals surface area contributed by atoms with Crippen LogP contribution in [-0.4, -0.2) is 35.4 Å². The fourth-order valence-electron chi connectivity index (χ4n) is 1.81. The van der Waals surface area contributed by atoms with Gasteiger partial charge in [-0.2, -0.15) is 0 Å². The first-order valence-corrected chi connectivity index (χ1v) is 6.44. The van der Waals surface area contributed by atoms with E-state index in [2.05, 4.69) is 4.98 Å². The molecule has 4 heteroatoms. The van der Waals surface area contributed by atoms with Gasteiger partial charge in [0.1, 0.15) is 0 Å². The first kappa shape index (κ1) is 14.1. The molecule has 2 N–H and O–H groups in total. The second kappa shape index (κ2) is 6.73. The van der Waals surface area contributed by atoms with Crippen LogP contribution in [-0.2, 0) is 0 Å². The highest BCUT2D eigenvalue weighted by Gasteiger charge is 1.98. The molecule has 0 bridgehead atoms. The Hall–Kier alpha value is -2.33. The van der Waals surface area contributed by atoms with Crippen molar-refractivity contribution >= 4 is 17.8 Å². The number of hydrogen-bond acceptors (Lipinski definition) is 4. The molecule has 104 valence electrons. The first-order chi connectivity index (χ1) is 9.69. The highest BCUT2D eigenvalue weighted by Crippen LogP contribution is 2.15. The lowest BCUT2D eigenvalue weighted by molar-refractivity contribution is 0.304. The Bertz CT molecular complexity index is 562. The van der Waals surface area contributed by atoms with Crippen molar-refractivity contribution in [3.63, 3.8) is 0 Å². The summed E-state index contributed by atoms with van der Waals surface area (Å²) in [4.78, 5) is 5.82. The molecule has 4 nitrogen and oxygen atoms in total. The standard InChI is InChI=1S/C16H18N2O2/c1-18(10-11-19)15-7-4-13(5-8-15)2-3-14-6-9-16(20)17-12-14/h2-9,12,19H,10-11H2,1H3,(H,17,20)/b3-2+. The molecule has 0 aliphatic rings. The topological polar surface area (TPSA) is 56.6 Å². The third kappa shape index (κ3) is 3.83. The van der Waals surface area contributed by atoms with Gasteiger partial charge in [-0.15, -0.1) is 0 Å². The van der Waals surface area contributed by atoms with Crippen LogP contribution in [0, 0.1) is 0 Å². The Balaban J connectivity index is 2.05. The summed E-state index contributed by atoms with van der Waals surface area (Å²) in [6.07, 6.45) is 5.55. The molecular formula is C16H18N2O2. The van der Waals surface area contributed by atoms with E-state index in [9.17, 15) is 0 Å². The predicted molar refractivity (Wildman–Crippen MR) is 81.6 cm³/mol. The number of aliphatic hydroxyl groups is 1. The van der Waals surface area contributed by atoms with E-state index in [1.165, 1.54) is 0 Å². The van der Waals surface area contributed by atoms with Crippen molar-refractivity contribution in [3.8, 4) is 5.88 Å². The van der Waals surface area contributed by atoms with E-state index in [1.54, 1.807) is 12.3 Å².